The second kappa shape index (κ2) is 22.6. The molecule has 13 heavy (non-hydrogen) atoms. The van der Waals surface area contributed by atoms with Crippen LogP contribution in [0.5, 0.6) is 0 Å². The van der Waals surface area contributed by atoms with Gasteiger partial charge in [-0.15, -0.1) is 6.58 Å². The lowest BCUT2D eigenvalue weighted by Gasteiger charge is -2.05. The molecular weight excluding hydrogens is 156 g/mol. The summed E-state index contributed by atoms with van der Waals surface area (Å²) in [4.78, 5) is 0. The largest absolute Gasteiger partial charge is 0.103 e. The number of hydrogen-bond donors (Lipinski definition) is 0. The highest BCUT2D eigenvalue weighted by atomic mass is 14.0. The Morgan fingerprint density at radius 2 is 1.62 bits per heavy atom. The molecule has 1 unspecified atom stereocenters. The van der Waals surface area contributed by atoms with E-state index in [9.17, 15) is 0 Å². The minimum absolute atomic E-state index is 0.849. The standard InChI is InChI=1S/C9H18.2C2H6/c1-4-6-8-9(3)7-5-2;2*1-2/h5,9H,2,4,6-8H2,1,3H3;2*1-2H3. The highest BCUT2D eigenvalue weighted by Crippen LogP contribution is 2.11. The lowest BCUT2D eigenvalue weighted by molar-refractivity contribution is 0.512. The van der Waals surface area contributed by atoms with E-state index in [1.807, 2.05) is 33.8 Å². The van der Waals surface area contributed by atoms with Crippen LogP contribution in [-0.2, 0) is 0 Å². The molecule has 0 spiro atoms. The average molecular weight is 186 g/mol. The molecule has 0 saturated heterocycles. The average Bonchev–Trinajstić information content (AvgIpc) is 2.21. The van der Waals surface area contributed by atoms with Crippen LogP contribution in [0.25, 0.3) is 0 Å². The SMILES string of the molecule is C=CCC(C)CCCC.CC.CC. The smallest absolute Gasteiger partial charge is 0.0328 e. The summed E-state index contributed by atoms with van der Waals surface area (Å²) in [5.74, 6) is 0.849. The molecule has 0 fully saturated rings. The van der Waals surface area contributed by atoms with Crippen LogP contribution in [0.1, 0.15) is 67.2 Å². The summed E-state index contributed by atoms with van der Waals surface area (Å²) >= 11 is 0. The molecule has 0 aliphatic rings. The molecule has 0 saturated carbocycles. The Morgan fingerprint density at radius 3 is 1.92 bits per heavy atom. The first-order valence-corrected chi connectivity index (χ1v) is 5.92. The Bertz CT molecular complexity index is 64.4. The van der Waals surface area contributed by atoms with Crippen molar-refractivity contribution in [2.45, 2.75) is 67.2 Å². The van der Waals surface area contributed by atoms with Gasteiger partial charge in [0, 0.05) is 0 Å². The third kappa shape index (κ3) is 24.5. The molecular formula is C13H30. The highest BCUT2D eigenvalue weighted by molar-refractivity contribution is 4.69. The molecule has 0 radical (unpaired) electrons. The van der Waals surface area contributed by atoms with Gasteiger partial charge in [0.05, 0.1) is 0 Å². The van der Waals surface area contributed by atoms with Crippen LogP contribution in [0.15, 0.2) is 12.7 Å². The Kier molecular flexibility index (Phi) is 32.2. The van der Waals surface area contributed by atoms with Crippen molar-refractivity contribution in [2.75, 3.05) is 0 Å². The summed E-state index contributed by atoms with van der Waals surface area (Å²) in [7, 11) is 0. The first kappa shape index (κ1) is 18.5. The zero-order valence-corrected chi connectivity index (χ0v) is 10.7. The minimum Gasteiger partial charge on any atom is -0.103 e. The van der Waals surface area contributed by atoms with Gasteiger partial charge in [-0.25, -0.2) is 0 Å². The quantitative estimate of drug-likeness (QED) is 0.501. The second-order valence-corrected chi connectivity index (χ2v) is 2.77. The molecule has 0 aromatic carbocycles. The molecule has 0 aliphatic heterocycles. The summed E-state index contributed by atoms with van der Waals surface area (Å²) in [5.41, 5.74) is 0. The van der Waals surface area contributed by atoms with E-state index < -0.39 is 0 Å². The molecule has 0 N–H and O–H groups in total. The zero-order valence-electron chi connectivity index (χ0n) is 10.7. The maximum absolute atomic E-state index is 3.71. The van der Waals surface area contributed by atoms with E-state index in [0.29, 0.717) is 0 Å². The van der Waals surface area contributed by atoms with Crippen molar-refractivity contribution in [3.63, 3.8) is 0 Å². The summed E-state index contributed by atoms with van der Waals surface area (Å²) in [6, 6.07) is 0. The molecule has 0 bridgehead atoms. The molecule has 1 atom stereocenters. The van der Waals surface area contributed by atoms with Crippen molar-refractivity contribution < 1.29 is 0 Å². The van der Waals surface area contributed by atoms with E-state index >= 15 is 0 Å². The van der Waals surface area contributed by atoms with Crippen molar-refractivity contribution >= 4 is 0 Å². The van der Waals surface area contributed by atoms with Crippen LogP contribution < -0.4 is 0 Å². The maximum atomic E-state index is 3.71. The number of hydrogen-bond acceptors (Lipinski definition) is 0. The second-order valence-electron chi connectivity index (χ2n) is 2.77. The first-order chi connectivity index (χ1) is 6.31. The fraction of sp³-hybridized carbons (Fsp3) is 0.846. The van der Waals surface area contributed by atoms with Gasteiger partial charge in [0.25, 0.3) is 0 Å². The van der Waals surface area contributed by atoms with Gasteiger partial charge in [-0.2, -0.15) is 0 Å². The minimum atomic E-state index is 0.849. The van der Waals surface area contributed by atoms with E-state index in [4.69, 9.17) is 0 Å². The van der Waals surface area contributed by atoms with Crippen molar-refractivity contribution in [1.82, 2.24) is 0 Å². The molecule has 0 nitrogen and oxygen atoms in total. The number of unbranched alkanes of at least 4 members (excludes halogenated alkanes) is 1. The Labute approximate surface area is 86.4 Å². The Balaban J connectivity index is -0.000000218. The molecule has 82 valence electrons. The Hall–Kier alpha value is -0.260. The van der Waals surface area contributed by atoms with Gasteiger partial charge in [-0.3, -0.25) is 0 Å². The molecule has 0 aromatic heterocycles. The van der Waals surface area contributed by atoms with E-state index in [1.54, 1.807) is 0 Å². The lowest BCUT2D eigenvalue weighted by atomic mass is 10.0. The van der Waals surface area contributed by atoms with Crippen LogP contribution in [-0.4, -0.2) is 0 Å². The normalized spacial score (nSPS) is 10.0. The zero-order chi connectivity index (χ0) is 11.1. The molecule has 0 heterocycles. The fourth-order valence-corrected chi connectivity index (χ4v) is 0.955. The summed E-state index contributed by atoms with van der Waals surface area (Å²) in [5, 5.41) is 0. The van der Waals surface area contributed by atoms with Crippen molar-refractivity contribution in [3.05, 3.63) is 12.7 Å². The first-order valence-electron chi connectivity index (χ1n) is 5.92. The third-order valence-corrected chi connectivity index (χ3v) is 1.62. The number of allylic oxidation sites excluding steroid dienone is 1. The number of rotatable bonds is 5. The van der Waals surface area contributed by atoms with Crippen LogP contribution in [0.3, 0.4) is 0 Å². The van der Waals surface area contributed by atoms with E-state index in [2.05, 4.69) is 20.4 Å². The highest BCUT2D eigenvalue weighted by Gasteiger charge is 1.96. The predicted molar refractivity (Wildman–Crippen MR) is 66.2 cm³/mol. The van der Waals surface area contributed by atoms with Crippen molar-refractivity contribution in [3.8, 4) is 0 Å². The van der Waals surface area contributed by atoms with E-state index in [1.165, 1.54) is 25.7 Å². The van der Waals surface area contributed by atoms with Crippen molar-refractivity contribution in [1.29, 1.82) is 0 Å². The molecule has 0 amide bonds. The maximum Gasteiger partial charge on any atom is -0.0328 e. The van der Waals surface area contributed by atoms with Crippen LogP contribution in [0.4, 0.5) is 0 Å². The summed E-state index contributed by atoms with van der Waals surface area (Å²) in [6.07, 6.45) is 7.25. The van der Waals surface area contributed by atoms with Gasteiger partial charge in [0.15, 0.2) is 0 Å². The van der Waals surface area contributed by atoms with Gasteiger partial charge < -0.3 is 0 Å². The van der Waals surface area contributed by atoms with E-state index in [0.717, 1.165) is 5.92 Å². The third-order valence-electron chi connectivity index (χ3n) is 1.62. The summed E-state index contributed by atoms with van der Waals surface area (Å²) in [6.45, 7) is 16.2. The van der Waals surface area contributed by atoms with Gasteiger partial charge in [-0.1, -0.05) is 66.9 Å². The lowest BCUT2D eigenvalue weighted by Crippen LogP contribution is -1.90. The molecule has 0 aromatic rings. The van der Waals surface area contributed by atoms with Crippen molar-refractivity contribution in [2.24, 2.45) is 5.92 Å². The van der Waals surface area contributed by atoms with Gasteiger partial charge >= 0.3 is 0 Å². The molecule has 0 aliphatic carbocycles. The van der Waals surface area contributed by atoms with Gasteiger partial charge in [0.1, 0.15) is 0 Å². The fourth-order valence-electron chi connectivity index (χ4n) is 0.955. The molecule has 0 rings (SSSR count). The summed E-state index contributed by atoms with van der Waals surface area (Å²) < 4.78 is 0. The predicted octanol–water partition coefficient (Wildman–Crippen LogP) is 5.44. The molecule has 0 heteroatoms. The monoisotopic (exact) mass is 186 g/mol. The van der Waals surface area contributed by atoms with Gasteiger partial charge in [0.2, 0.25) is 0 Å². The van der Waals surface area contributed by atoms with E-state index in [-0.39, 0.29) is 0 Å². The topological polar surface area (TPSA) is 0 Å². The van der Waals surface area contributed by atoms with Crippen LogP contribution in [0, 0.1) is 5.92 Å². The van der Waals surface area contributed by atoms with Crippen LogP contribution in [0.2, 0.25) is 0 Å². The van der Waals surface area contributed by atoms with Gasteiger partial charge in [-0.05, 0) is 12.3 Å². The van der Waals surface area contributed by atoms with Crippen LogP contribution >= 0.6 is 0 Å². The Morgan fingerprint density at radius 1 is 1.15 bits per heavy atom.